The maximum Gasteiger partial charge on any atom is 0.253 e. The van der Waals surface area contributed by atoms with E-state index >= 15 is 0 Å². The average molecular weight is 384 g/mol. The van der Waals surface area contributed by atoms with E-state index in [2.05, 4.69) is 5.32 Å². The third-order valence-electron chi connectivity index (χ3n) is 6.00. The molecule has 0 saturated carbocycles. The summed E-state index contributed by atoms with van der Waals surface area (Å²) in [5.41, 5.74) is 1.72. The van der Waals surface area contributed by atoms with Gasteiger partial charge in [-0.2, -0.15) is 0 Å². The van der Waals surface area contributed by atoms with Crippen molar-refractivity contribution in [3.63, 3.8) is 0 Å². The molecule has 3 aliphatic heterocycles. The van der Waals surface area contributed by atoms with Crippen LogP contribution in [0.2, 0.25) is 0 Å². The van der Waals surface area contributed by atoms with E-state index in [0.717, 1.165) is 51.0 Å². The SMILES string of the molecule is O=C1CCCN1Cc1ccc(C(=O)N2CCCC(N3CCNCC3=O)C2)cc1. The number of likely N-dealkylation sites (tertiary alicyclic amines) is 2. The van der Waals surface area contributed by atoms with Crippen LogP contribution in [-0.2, 0) is 16.1 Å². The topological polar surface area (TPSA) is 73.0 Å². The molecule has 1 atom stereocenters. The van der Waals surface area contributed by atoms with Crippen LogP contribution in [0.5, 0.6) is 0 Å². The van der Waals surface area contributed by atoms with Gasteiger partial charge in [0.15, 0.2) is 0 Å². The second-order valence-electron chi connectivity index (χ2n) is 7.93. The molecule has 3 heterocycles. The molecule has 1 aromatic rings. The summed E-state index contributed by atoms with van der Waals surface area (Å²) in [4.78, 5) is 42.6. The second kappa shape index (κ2) is 8.31. The van der Waals surface area contributed by atoms with Gasteiger partial charge in [-0.15, -0.1) is 0 Å². The van der Waals surface area contributed by atoms with Crippen LogP contribution in [0.4, 0.5) is 0 Å². The van der Waals surface area contributed by atoms with Crippen LogP contribution in [-0.4, -0.2) is 77.7 Å². The van der Waals surface area contributed by atoms with Crippen LogP contribution in [0.25, 0.3) is 0 Å². The molecule has 0 bridgehead atoms. The minimum absolute atomic E-state index is 0.0242. The van der Waals surface area contributed by atoms with Crippen LogP contribution in [0.15, 0.2) is 24.3 Å². The minimum Gasteiger partial charge on any atom is -0.338 e. The Morgan fingerprint density at radius 1 is 1.04 bits per heavy atom. The molecule has 3 amide bonds. The number of amides is 3. The smallest absolute Gasteiger partial charge is 0.253 e. The maximum absolute atomic E-state index is 13.0. The lowest BCUT2D eigenvalue weighted by atomic mass is 10.0. The number of piperazine rings is 1. The molecule has 1 N–H and O–H groups in total. The van der Waals surface area contributed by atoms with Gasteiger partial charge in [-0.05, 0) is 37.0 Å². The predicted octanol–water partition coefficient (Wildman–Crippen LogP) is 0.845. The van der Waals surface area contributed by atoms with Crippen molar-refractivity contribution in [2.75, 3.05) is 39.3 Å². The lowest BCUT2D eigenvalue weighted by Crippen LogP contribution is -2.57. The van der Waals surface area contributed by atoms with Crippen molar-refractivity contribution >= 4 is 17.7 Å². The van der Waals surface area contributed by atoms with Crippen molar-refractivity contribution in [3.8, 4) is 0 Å². The Kier molecular flexibility index (Phi) is 5.62. The van der Waals surface area contributed by atoms with Gasteiger partial charge in [0.05, 0.1) is 6.54 Å². The molecule has 3 fully saturated rings. The predicted molar refractivity (Wildman–Crippen MR) is 105 cm³/mol. The number of hydrogen-bond donors (Lipinski definition) is 1. The van der Waals surface area contributed by atoms with E-state index in [1.54, 1.807) is 0 Å². The number of nitrogens with zero attached hydrogens (tertiary/aromatic N) is 3. The molecule has 1 aromatic carbocycles. The number of carbonyl (C=O) groups is 3. The Bertz CT molecular complexity index is 749. The van der Waals surface area contributed by atoms with Crippen molar-refractivity contribution in [1.82, 2.24) is 20.0 Å². The largest absolute Gasteiger partial charge is 0.338 e. The first kappa shape index (κ1) is 18.9. The normalized spacial score (nSPS) is 23.4. The van der Waals surface area contributed by atoms with Gasteiger partial charge in [0.2, 0.25) is 11.8 Å². The summed E-state index contributed by atoms with van der Waals surface area (Å²) in [7, 11) is 0. The summed E-state index contributed by atoms with van der Waals surface area (Å²) < 4.78 is 0. The Morgan fingerprint density at radius 2 is 1.86 bits per heavy atom. The van der Waals surface area contributed by atoms with Crippen molar-refractivity contribution < 1.29 is 14.4 Å². The number of hydrogen-bond acceptors (Lipinski definition) is 4. The third-order valence-corrected chi connectivity index (χ3v) is 6.00. The van der Waals surface area contributed by atoms with Gasteiger partial charge >= 0.3 is 0 Å². The average Bonchev–Trinajstić information content (AvgIpc) is 3.13. The molecule has 0 aliphatic carbocycles. The highest BCUT2D eigenvalue weighted by atomic mass is 16.2. The Balaban J connectivity index is 1.38. The van der Waals surface area contributed by atoms with Crippen molar-refractivity contribution in [3.05, 3.63) is 35.4 Å². The Hall–Kier alpha value is -2.41. The zero-order valence-corrected chi connectivity index (χ0v) is 16.2. The van der Waals surface area contributed by atoms with Gasteiger partial charge in [-0.3, -0.25) is 14.4 Å². The van der Waals surface area contributed by atoms with Gasteiger partial charge < -0.3 is 20.0 Å². The summed E-state index contributed by atoms with van der Waals surface area (Å²) in [5, 5.41) is 3.10. The van der Waals surface area contributed by atoms with Gasteiger partial charge in [-0.1, -0.05) is 12.1 Å². The molecular formula is C21H28N4O3. The number of carbonyl (C=O) groups excluding carboxylic acids is 3. The summed E-state index contributed by atoms with van der Waals surface area (Å²) in [6.45, 7) is 4.70. The molecule has 3 aliphatic rings. The molecule has 28 heavy (non-hydrogen) atoms. The number of rotatable bonds is 4. The Labute approximate surface area is 165 Å². The highest BCUT2D eigenvalue weighted by molar-refractivity contribution is 5.94. The van der Waals surface area contributed by atoms with E-state index in [1.807, 2.05) is 39.0 Å². The standard InChI is InChI=1S/C21H28N4O3/c26-19-4-2-10-23(19)14-16-5-7-17(8-6-16)21(28)24-11-1-3-18(15-24)25-12-9-22-13-20(25)27/h5-8,18,22H,1-4,9-15H2. The number of piperidine rings is 1. The molecule has 0 radical (unpaired) electrons. The van der Waals surface area contributed by atoms with Gasteiger partial charge in [0.1, 0.15) is 0 Å². The van der Waals surface area contributed by atoms with E-state index in [9.17, 15) is 14.4 Å². The monoisotopic (exact) mass is 384 g/mol. The summed E-state index contributed by atoms with van der Waals surface area (Å²) in [5.74, 6) is 0.365. The highest BCUT2D eigenvalue weighted by Crippen LogP contribution is 2.20. The van der Waals surface area contributed by atoms with E-state index < -0.39 is 0 Å². The molecule has 150 valence electrons. The fraction of sp³-hybridized carbons (Fsp3) is 0.571. The molecule has 4 rings (SSSR count). The van der Waals surface area contributed by atoms with Crippen molar-refractivity contribution in [1.29, 1.82) is 0 Å². The van der Waals surface area contributed by atoms with Crippen molar-refractivity contribution in [2.45, 2.75) is 38.3 Å². The van der Waals surface area contributed by atoms with Crippen LogP contribution >= 0.6 is 0 Å². The lowest BCUT2D eigenvalue weighted by molar-refractivity contribution is -0.135. The molecular weight excluding hydrogens is 356 g/mol. The second-order valence-corrected chi connectivity index (χ2v) is 7.93. The third kappa shape index (κ3) is 4.04. The van der Waals surface area contributed by atoms with Crippen LogP contribution in [0.3, 0.4) is 0 Å². The summed E-state index contributed by atoms with van der Waals surface area (Å²) in [6, 6.07) is 7.73. The fourth-order valence-electron chi connectivity index (χ4n) is 4.43. The van der Waals surface area contributed by atoms with Crippen LogP contribution in [0.1, 0.15) is 41.6 Å². The first-order valence-corrected chi connectivity index (χ1v) is 10.3. The molecule has 1 unspecified atom stereocenters. The molecule has 7 heteroatoms. The Morgan fingerprint density at radius 3 is 2.57 bits per heavy atom. The quantitative estimate of drug-likeness (QED) is 0.835. The zero-order valence-electron chi connectivity index (χ0n) is 16.2. The molecule has 7 nitrogen and oxygen atoms in total. The van der Waals surface area contributed by atoms with Gasteiger partial charge in [0, 0.05) is 57.3 Å². The van der Waals surface area contributed by atoms with Gasteiger partial charge in [0.25, 0.3) is 5.91 Å². The molecule has 0 spiro atoms. The van der Waals surface area contributed by atoms with Gasteiger partial charge in [-0.25, -0.2) is 0 Å². The molecule has 0 aromatic heterocycles. The minimum atomic E-state index is 0.0242. The van der Waals surface area contributed by atoms with Crippen molar-refractivity contribution in [2.24, 2.45) is 0 Å². The van der Waals surface area contributed by atoms with E-state index in [4.69, 9.17) is 0 Å². The molecule has 3 saturated heterocycles. The lowest BCUT2D eigenvalue weighted by Gasteiger charge is -2.41. The van der Waals surface area contributed by atoms with E-state index in [0.29, 0.717) is 31.6 Å². The maximum atomic E-state index is 13.0. The summed E-state index contributed by atoms with van der Waals surface area (Å²) >= 11 is 0. The number of nitrogens with one attached hydrogen (secondary N) is 1. The first-order valence-electron chi connectivity index (χ1n) is 10.3. The van der Waals surface area contributed by atoms with E-state index in [1.165, 1.54) is 0 Å². The van der Waals surface area contributed by atoms with Crippen LogP contribution < -0.4 is 5.32 Å². The van der Waals surface area contributed by atoms with Crippen LogP contribution in [0, 0.1) is 0 Å². The van der Waals surface area contributed by atoms with E-state index in [-0.39, 0.29) is 23.8 Å². The number of benzene rings is 1. The fourth-order valence-corrected chi connectivity index (χ4v) is 4.43. The zero-order chi connectivity index (χ0) is 19.5. The summed E-state index contributed by atoms with van der Waals surface area (Å²) in [6.07, 6.45) is 3.45. The highest BCUT2D eigenvalue weighted by Gasteiger charge is 2.32. The first-order chi connectivity index (χ1) is 13.6.